The fourth-order valence-electron chi connectivity index (χ4n) is 2.77. The molecule has 0 spiro atoms. The van der Waals surface area contributed by atoms with Crippen molar-refractivity contribution >= 4 is 11.8 Å². The monoisotopic (exact) mass is 400 g/mol. The Bertz CT molecular complexity index is 791. The van der Waals surface area contributed by atoms with Crippen LogP contribution in [0.1, 0.15) is 37.8 Å². The molecule has 0 aromatic heterocycles. The van der Waals surface area contributed by atoms with Crippen LogP contribution in [0.4, 0.5) is 4.39 Å². The van der Waals surface area contributed by atoms with Crippen LogP contribution >= 0.6 is 0 Å². The molecule has 2 rings (SSSR count). The fourth-order valence-corrected chi connectivity index (χ4v) is 2.77. The standard InChI is InChI=1S/C23H29FN2O3/c1-4-5-14-25-23(28)18(3)26(15-19-8-6-17(2)7-9-19)22(27)16-29-21-12-10-20(24)11-13-21/h6-13,18H,4-5,14-16H2,1-3H3,(H,25,28). The first-order valence-corrected chi connectivity index (χ1v) is 9.91. The van der Waals surface area contributed by atoms with Crippen LogP contribution in [0.5, 0.6) is 5.75 Å². The molecule has 6 heteroatoms. The van der Waals surface area contributed by atoms with Crippen LogP contribution in [0.2, 0.25) is 0 Å². The predicted molar refractivity (Wildman–Crippen MR) is 111 cm³/mol. The van der Waals surface area contributed by atoms with Crippen LogP contribution < -0.4 is 10.1 Å². The quantitative estimate of drug-likeness (QED) is 0.617. The molecule has 0 aliphatic rings. The van der Waals surface area contributed by atoms with Crippen molar-refractivity contribution in [3.8, 4) is 5.75 Å². The van der Waals surface area contributed by atoms with Crippen LogP contribution in [0.25, 0.3) is 0 Å². The molecule has 0 radical (unpaired) electrons. The zero-order valence-electron chi connectivity index (χ0n) is 17.3. The molecule has 1 N–H and O–H groups in total. The molecule has 0 aliphatic heterocycles. The molecule has 2 aromatic carbocycles. The second-order valence-electron chi connectivity index (χ2n) is 7.07. The third-order valence-electron chi connectivity index (χ3n) is 4.65. The third kappa shape index (κ3) is 7.22. The Hall–Kier alpha value is -2.89. The highest BCUT2D eigenvalue weighted by atomic mass is 19.1. The molecule has 2 aromatic rings. The summed E-state index contributed by atoms with van der Waals surface area (Å²) in [6.45, 7) is 6.41. The Balaban J connectivity index is 2.08. The van der Waals surface area contributed by atoms with Crippen molar-refractivity contribution in [1.82, 2.24) is 10.2 Å². The highest BCUT2D eigenvalue weighted by molar-refractivity contribution is 5.87. The molecule has 0 fully saturated rings. The second-order valence-corrected chi connectivity index (χ2v) is 7.07. The van der Waals surface area contributed by atoms with E-state index in [1.165, 1.54) is 29.2 Å². The van der Waals surface area contributed by atoms with Crippen LogP contribution in [-0.2, 0) is 16.1 Å². The number of amides is 2. The van der Waals surface area contributed by atoms with Crippen LogP contribution in [0.15, 0.2) is 48.5 Å². The number of rotatable bonds is 10. The number of carbonyl (C=O) groups excluding carboxylic acids is 2. The van der Waals surface area contributed by atoms with E-state index < -0.39 is 6.04 Å². The summed E-state index contributed by atoms with van der Waals surface area (Å²) in [5.41, 5.74) is 2.05. The minimum atomic E-state index is -0.641. The van der Waals surface area contributed by atoms with E-state index >= 15 is 0 Å². The largest absolute Gasteiger partial charge is 0.484 e. The van der Waals surface area contributed by atoms with Crippen molar-refractivity contribution in [2.24, 2.45) is 0 Å². The summed E-state index contributed by atoms with van der Waals surface area (Å²) in [4.78, 5) is 26.9. The Labute approximate surface area is 171 Å². The van der Waals surface area contributed by atoms with Gasteiger partial charge < -0.3 is 15.0 Å². The molecule has 0 bridgehead atoms. The lowest BCUT2D eigenvalue weighted by atomic mass is 10.1. The normalized spacial score (nSPS) is 11.6. The number of hydrogen-bond donors (Lipinski definition) is 1. The van der Waals surface area contributed by atoms with Gasteiger partial charge in [-0.1, -0.05) is 43.2 Å². The Morgan fingerprint density at radius 3 is 2.38 bits per heavy atom. The van der Waals surface area contributed by atoms with E-state index in [2.05, 4.69) is 12.2 Å². The van der Waals surface area contributed by atoms with Crippen molar-refractivity contribution in [3.05, 3.63) is 65.5 Å². The summed E-state index contributed by atoms with van der Waals surface area (Å²) >= 11 is 0. The molecule has 0 heterocycles. The molecular weight excluding hydrogens is 371 g/mol. The van der Waals surface area contributed by atoms with Gasteiger partial charge in [0.25, 0.3) is 5.91 Å². The Morgan fingerprint density at radius 2 is 1.76 bits per heavy atom. The fraction of sp³-hybridized carbons (Fsp3) is 0.391. The summed E-state index contributed by atoms with van der Waals surface area (Å²) < 4.78 is 18.5. The van der Waals surface area contributed by atoms with E-state index in [4.69, 9.17) is 4.74 Å². The Morgan fingerprint density at radius 1 is 1.10 bits per heavy atom. The summed E-state index contributed by atoms with van der Waals surface area (Å²) in [6, 6.07) is 12.7. The van der Waals surface area contributed by atoms with Crippen molar-refractivity contribution in [3.63, 3.8) is 0 Å². The van der Waals surface area contributed by atoms with Gasteiger partial charge in [-0.05, 0) is 50.1 Å². The van der Waals surface area contributed by atoms with E-state index in [1.54, 1.807) is 6.92 Å². The summed E-state index contributed by atoms with van der Waals surface area (Å²) in [6.07, 6.45) is 1.87. The SMILES string of the molecule is CCCCNC(=O)C(C)N(Cc1ccc(C)cc1)C(=O)COc1ccc(F)cc1. The second kappa shape index (κ2) is 11.2. The minimum Gasteiger partial charge on any atom is -0.484 e. The summed E-state index contributed by atoms with van der Waals surface area (Å²) in [7, 11) is 0. The van der Waals surface area contributed by atoms with E-state index in [0.717, 1.165) is 24.0 Å². The number of carbonyl (C=O) groups is 2. The molecule has 1 atom stereocenters. The van der Waals surface area contributed by atoms with Gasteiger partial charge in [-0.25, -0.2) is 4.39 Å². The third-order valence-corrected chi connectivity index (χ3v) is 4.65. The van der Waals surface area contributed by atoms with Gasteiger partial charge in [0.2, 0.25) is 5.91 Å². The van der Waals surface area contributed by atoms with Gasteiger partial charge in [-0.2, -0.15) is 0 Å². The predicted octanol–water partition coefficient (Wildman–Crippen LogP) is 3.85. The summed E-state index contributed by atoms with van der Waals surface area (Å²) in [5, 5.41) is 2.88. The number of nitrogens with one attached hydrogen (secondary N) is 1. The first-order chi connectivity index (χ1) is 13.9. The van der Waals surface area contributed by atoms with Crippen molar-refractivity contribution in [2.45, 2.75) is 46.2 Å². The van der Waals surface area contributed by atoms with Gasteiger partial charge in [0.05, 0.1) is 0 Å². The van der Waals surface area contributed by atoms with Gasteiger partial charge in [-0.15, -0.1) is 0 Å². The van der Waals surface area contributed by atoms with Gasteiger partial charge in [0, 0.05) is 13.1 Å². The zero-order chi connectivity index (χ0) is 21.2. The molecule has 0 aliphatic carbocycles. The van der Waals surface area contributed by atoms with Gasteiger partial charge in [0.15, 0.2) is 6.61 Å². The molecular formula is C23H29FN2O3. The number of nitrogens with zero attached hydrogens (tertiary/aromatic N) is 1. The zero-order valence-corrected chi connectivity index (χ0v) is 17.3. The maximum absolute atomic E-state index is 13.0. The lowest BCUT2D eigenvalue weighted by Gasteiger charge is -2.28. The lowest BCUT2D eigenvalue weighted by molar-refractivity contribution is -0.142. The maximum Gasteiger partial charge on any atom is 0.261 e. The van der Waals surface area contributed by atoms with Crippen molar-refractivity contribution < 1.29 is 18.7 Å². The molecule has 2 amide bonds. The topological polar surface area (TPSA) is 58.6 Å². The first-order valence-electron chi connectivity index (χ1n) is 9.91. The van der Waals surface area contributed by atoms with E-state index in [-0.39, 0.29) is 24.2 Å². The van der Waals surface area contributed by atoms with Gasteiger partial charge >= 0.3 is 0 Å². The number of aryl methyl sites for hydroxylation is 1. The van der Waals surface area contributed by atoms with Crippen LogP contribution in [-0.4, -0.2) is 35.9 Å². The smallest absolute Gasteiger partial charge is 0.261 e. The Kier molecular flexibility index (Phi) is 8.65. The number of ether oxygens (including phenoxy) is 1. The number of unbranched alkanes of at least 4 members (excludes halogenated alkanes) is 1. The van der Waals surface area contributed by atoms with E-state index in [9.17, 15) is 14.0 Å². The lowest BCUT2D eigenvalue weighted by Crippen LogP contribution is -2.49. The maximum atomic E-state index is 13.0. The average molecular weight is 400 g/mol. The van der Waals surface area contributed by atoms with Crippen molar-refractivity contribution in [1.29, 1.82) is 0 Å². The molecule has 5 nitrogen and oxygen atoms in total. The molecule has 1 unspecified atom stereocenters. The first kappa shape index (κ1) is 22.4. The molecule has 0 saturated heterocycles. The average Bonchev–Trinajstić information content (AvgIpc) is 2.72. The highest BCUT2D eigenvalue weighted by Crippen LogP contribution is 2.14. The van der Waals surface area contributed by atoms with E-state index in [1.807, 2.05) is 31.2 Å². The van der Waals surface area contributed by atoms with Crippen LogP contribution in [0, 0.1) is 12.7 Å². The van der Waals surface area contributed by atoms with Gasteiger partial charge in [0.1, 0.15) is 17.6 Å². The molecule has 0 saturated carbocycles. The number of halogens is 1. The van der Waals surface area contributed by atoms with E-state index in [0.29, 0.717) is 18.8 Å². The number of benzene rings is 2. The number of hydrogen-bond acceptors (Lipinski definition) is 3. The molecule has 29 heavy (non-hydrogen) atoms. The van der Waals surface area contributed by atoms with Gasteiger partial charge in [-0.3, -0.25) is 9.59 Å². The minimum absolute atomic E-state index is 0.194. The molecule has 156 valence electrons. The van der Waals surface area contributed by atoms with Crippen molar-refractivity contribution in [2.75, 3.05) is 13.2 Å². The van der Waals surface area contributed by atoms with Crippen LogP contribution in [0.3, 0.4) is 0 Å². The highest BCUT2D eigenvalue weighted by Gasteiger charge is 2.26. The summed E-state index contributed by atoms with van der Waals surface area (Å²) in [5.74, 6) is -0.481.